The molecule has 0 aliphatic heterocycles. The number of para-hydroxylation sites is 1. The van der Waals surface area contributed by atoms with Crippen LogP contribution in [0.3, 0.4) is 0 Å². The first kappa shape index (κ1) is 24.4. The Morgan fingerprint density at radius 3 is 2.35 bits per heavy atom. The van der Waals surface area contributed by atoms with Crippen LogP contribution in [0.4, 0.5) is 0 Å². The zero-order valence-corrected chi connectivity index (χ0v) is 19.2. The van der Waals surface area contributed by atoms with Gasteiger partial charge in [0, 0.05) is 31.7 Å². The molecule has 0 aliphatic rings. The van der Waals surface area contributed by atoms with Gasteiger partial charge >= 0.3 is 0 Å². The molecule has 0 bridgehead atoms. The van der Waals surface area contributed by atoms with Gasteiger partial charge in [-0.25, -0.2) is 13.1 Å². The predicted octanol–water partition coefficient (Wildman–Crippen LogP) is 2.94. The van der Waals surface area contributed by atoms with Crippen LogP contribution in [0, 0.1) is 0 Å². The van der Waals surface area contributed by atoms with E-state index in [0.717, 1.165) is 22.4 Å². The van der Waals surface area contributed by atoms with Gasteiger partial charge < -0.3 is 15.4 Å². The highest BCUT2D eigenvalue weighted by molar-refractivity contribution is 7.88. The molecule has 0 aliphatic carbocycles. The highest BCUT2D eigenvalue weighted by Gasteiger charge is 2.12. The second-order valence-corrected chi connectivity index (χ2v) is 9.09. The van der Waals surface area contributed by atoms with E-state index in [1.807, 2.05) is 48.5 Å². The molecule has 0 saturated carbocycles. The SMILES string of the molecule is C=CCOc1ccccc1CNC(=NC)NCc1ccc(CS(=O)(=O)NC(C)C)cc1. The summed E-state index contributed by atoms with van der Waals surface area (Å²) in [7, 11) is -1.62. The molecule has 0 amide bonds. The number of rotatable bonds is 11. The molecule has 3 N–H and O–H groups in total. The molecule has 2 rings (SSSR count). The van der Waals surface area contributed by atoms with Crippen molar-refractivity contribution in [1.29, 1.82) is 0 Å². The Balaban J connectivity index is 1.88. The molecule has 0 aromatic heterocycles. The van der Waals surface area contributed by atoms with E-state index in [9.17, 15) is 8.42 Å². The van der Waals surface area contributed by atoms with Crippen LogP contribution in [0.25, 0.3) is 0 Å². The smallest absolute Gasteiger partial charge is 0.216 e. The van der Waals surface area contributed by atoms with Gasteiger partial charge in [0.25, 0.3) is 0 Å². The van der Waals surface area contributed by atoms with Crippen LogP contribution in [-0.4, -0.2) is 34.1 Å². The summed E-state index contributed by atoms with van der Waals surface area (Å²) in [6.07, 6.45) is 1.71. The first-order valence-electron chi connectivity index (χ1n) is 10.2. The van der Waals surface area contributed by atoms with Gasteiger partial charge in [-0.15, -0.1) is 0 Å². The van der Waals surface area contributed by atoms with Crippen molar-refractivity contribution in [2.24, 2.45) is 4.99 Å². The van der Waals surface area contributed by atoms with E-state index in [1.165, 1.54) is 0 Å². The number of ether oxygens (including phenoxy) is 1. The number of sulfonamides is 1. The Labute approximate surface area is 185 Å². The molecule has 2 aromatic carbocycles. The summed E-state index contributed by atoms with van der Waals surface area (Å²) in [5, 5.41) is 6.54. The van der Waals surface area contributed by atoms with Crippen molar-refractivity contribution in [3.8, 4) is 5.75 Å². The lowest BCUT2D eigenvalue weighted by Crippen LogP contribution is -2.36. The van der Waals surface area contributed by atoms with Gasteiger partial charge in [0.1, 0.15) is 12.4 Å². The molecular formula is C23H32N4O3S. The number of aliphatic imine (C=N–C) groups is 1. The predicted molar refractivity (Wildman–Crippen MR) is 127 cm³/mol. The van der Waals surface area contributed by atoms with Crippen molar-refractivity contribution < 1.29 is 13.2 Å². The van der Waals surface area contributed by atoms with Crippen LogP contribution >= 0.6 is 0 Å². The molecule has 0 spiro atoms. The minimum atomic E-state index is -3.33. The van der Waals surface area contributed by atoms with E-state index < -0.39 is 10.0 Å². The van der Waals surface area contributed by atoms with E-state index in [1.54, 1.807) is 27.0 Å². The quantitative estimate of drug-likeness (QED) is 0.282. The molecule has 0 unspecified atom stereocenters. The third kappa shape index (κ3) is 8.82. The third-order valence-corrected chi connectivity index (χ3v) is 5.80. The van der Waals surface area contributed by atoms with Crippen LogP contribution in [0.5, 0.6) is 5.75 Å². The lowest BCUT2D eigenvalue weighted by molar-refractivity contribution is 0.358. The maximum absolute atomic E-state index is 12.1. The Morgan fingerprint density at radius 2 is 1.71 bits per heavy atom. The van der Waals surface area contributed by atoms with Crippen molar-refractivity contribution in [3.05, 3.63) is 77.9 Å². The molecule has 0 radical (unpaired) electrons. The van der Waals surface area contributed by atoms with Crippen molar-refractivity contribution in [2.75, 3.05) is 13.7 Å². The van der Waals surface area contributed by atoms with Gasteiger partial charge in [0.05, 0.1) is 5.75 Å². The van der Waals surface area contributed by atoms with Gasteiger partial charge in [0.15, 0.2) is 5.96 Å². The molecule has 0 atom stereocenters. The summed E-state index contributed by atoms with van der Waals surface area (Å²) >= 11 is 0. The summed E-state index contributed by atoms with van der Waals surface area (Å²) in [6, 6.07) is 15.2. The van der Waals surface area contributed by atoms with Gasteiger partial charge in [-0.1, -0.05) is 55.1 Å². The van der Waals surface area contributed by atoms with E-state index in [-0.39, 0.29) is 11.8 Å². The monoisotopic (exact) mass is 444 g/mol. The van der Waals surface area contributed by atoms with Gasteiger partial charge in [-0.3, -0.25) is 4.99 Å². The summed E-state index contributed by atoms with van der Waals surface area (Å²) in [6.45, 7) is 8.87. The molecule has 2 aromatic rings. The van der Waals surface area contributed by atoms with Gasteiger partial charge in [-0.05, 0) is 31.0 Å². The zero-order chi connectivity index (χ0) is 22.7. The van der Waals surface area contributed by atoms with Crippen molar-refractivity contribution >= 4 is 16.0 Å². The van der Waals surface area contributed by atoms with Crippen molar-refractivity contribution in [1.82, 2.24) is 15.4 Å². The number of hydrogen-bond acceptors (Lipinski definition) is 4. The molecule has 31 heavy (non-hydrogen) atoms. The number of benzene rings is 2. The van der Waals surface area contributed by atoms with E-state index in [0.29, 0.717) is 25.7 Å². The topological polar surface area (TPSA) is 91.8 Å². The lowest BCUT2D eigenvalue weighted by Gasteiger charge is -2.14. The van der Waals surface area contributed by atoms with Gasteiger partial charge in [0.2, 0.25) is 10.0 Å². The first-order chi connectivity index (χ1) is 14.8. The number of nitrogens with zero attached hydrogens (tertiary/aromatic N) is 1. The largest absolute Gasteiger partial charge is 0.489 e. The maximum atomic E-state index is 12.1. The molecular weight excluding hydrogens is 412 g/mol. The highest BCUT2D eigenvalue weighted by atomic mass is 32.2. The highest BCUT2D eigenvalue weighted by Crippen LogP contribution is 2.17. The van der Waals surface area contributed by atoms with Crippen molar-refractivity contribution in [2.45, 2.75) is 38.7 Å². The number of hydrogen-bond donors (Lipinski definition) is 3. The summed E-state index contributed by atoms with van der Waals surface area (Å²) in [4.78, 5) is 4.25. The van der Waals surface area contributed by atoms with Crippen LogP contribution in [0.2, 0.25) is 0 Å². The zero-order valence-electron chi connectivity index (χ0n) is 18.4. The number of nitrogens with one attached hydrogen (secondary N) is 3. The fraction of sp³-hybridized carbons (Fsp3) is 0.348. The average Bonchev–Trinajstić information content (AvgIpc) is 2.73. The summed E-state index contributed by atoms with van der Waals surface area (Å²) in [5.74, 6) is 1.43. The lowest BCUT2D eigenvalue weighted by atomic mass is 10.1. The molecule has 0 fully saturated rings. The normalized spacial score (nSPS) is 11.9. The Bertz CT molecular complexity index is 971. The fourth-order valence-corrected chi connectivity index (χ4v) is 4.33. The minimum absolute atomic E-state index is 0.0323. The second-order valence-electron chi connectivity index (χ2n) is 7.33. The third-order valence-electron chi connectivity index (χ3n) is 4.25. The summed E-state index contributed by atoms with van der Waals surface area (Å²) < 4.78 is 32.4. The number of guanidine groups is 1. The van der Waals surface area contributed by atoms with Crippen molar-refractivity contribution in [3.63, 3.8) is 0 Å². The molecule has 0 heterocycles. The first-order valence-corrected chi connectivity index (χ1v) is 11.8. The van der Waals surface area contributed by atoms with E-state index in [4.69, 9.17) is 4.74 Å². The fourth-order valence-electron chi connectivity index (χ4n) is 2.90. The van der Waals surface area contributed by atoms with E-state index in [2.05, 4.69) is 26.9 Å². The Hall–Kier alpha value is -2.84. The molecule has 7 nitrogen and oxygen atoms in total. The maximum Gasteiger partial charge on any atom is 0.216 e. The minimum Gasteiger partial charge on any atom is -0.489 e. The van der Waals surface area contributed by atoms with Crippen LogP contribution in [-0.2, 0) is 28.9 Å². The molecule has 168 valence electrons. The Kier molecular flexibility index (Phi) is 9.55. The van der Waals surface area contributed by atoms with Crippen LogP contribution in [0.1, 0.15) is 30.5 Å². The molecule has 0 saturated heterocycles. The van der Waals surface area contributed by atoms with Gasteiger partial charge in [-0.2, -0.15) is 0 Å². The summed E-state index contributed by atoms with van der Waals surface area (Å²) in [5.41, 5.74) is 2.79. The standard InChI is InChI=1S/C23H32N4O3S/c1-5-14-30-22-9-7-6-8-21(22)16-26-23(24-4)25-15-19-10-12-20(13-11-19)17-31(28,29)27-18(2)3/h5-13,18,27H,1,14-17H2,2-4H3,(H2,24,25,26). The second kappa shape index (κ2) is 12.1. The van der Waals surface area contributed by atoms with Crippen LogP contribution < -0.4 is 20.1 Å². The molecule has 8 heteroatoms. The average molecular weight is 445 g/mol. The van der Waals surface area contributed by atoms with E-state index >= 15 is 0 Å². The van der Waals surface area contributed by atoms with Crippen LogP contribution in [0.15, 0.2) is 66.2 Å². The Morgan fingerprint density at radius 1 is 1.06 bits per heavy atom.